The molecule has 0 amide bonds. The Labute approximate surface area is 97.9 Å². The number of rotatable bonds is 5. The molecular weight excluding hydrogens is 222 g/mol. The van der Waals surface area contributed by atoms with Gasteiger partial charge in [-0.1, -0.05) is 0 Å². The molecule has 1 N–H and O–H groups in total. The van der Waals surface area contributed by atoms with Gasteiger partial charge in [0.1, 0.15) is 0 Å². The van der Waals surface area contributed by atoms with Crippen molar-refractivity contribution in [2.75, 3.05) is 18.1 Å². The molecule has 2 saturated carbocycles. The minimum atomic E-state index is -2.70. The monoisotopic (exact) mass is 243 g/mol. The van der Waals surface area contributed by atoms with Crippen LogP contribution in [-0.4, -0.2) is 32.5 Å². The summed E-state index contributed by atoms with van der Waals surface area (Å²) in [7, 11) is -2.70. The van der Waals surface area contributed by atoms with E-state index in [9.17, 15) is 8.42 Å². The quantitative estimate of drug-likeness (QED) is 0.789. The summed E-state index contributed by atoms with van der Waals surface area (Å²) in [5, 5.41) is 3.59. The summed E-state index contributed by atoms with van der Waals surface area (Å²) in [4.78, 5) is 0. The van der Waals surface area contributed by atoms with E-state index in [0.29, 0.717) is 23.3 Å². The van der Waals surface area contributed by atoms with Gasteiger partial charge in [-0.25, -0.2) is 8.42 Å². The Hall–Kier alpha value is -0.0900. The van der Waals surface area contributed by atoms with E-state index in [2.05, 4.69) is 5.32 Å². The Morgan fingerprint density at radius 1 is 1.06 bits per heavy atom. The third kappa shape index (κ3) is 2.59. The van der Waals surface area contributed by atoms with E-state index in [1.165, 1.54) is 25.7 Å². The molecule has 16 heavy (non-hydrogen) atoms. The molecule has 2 aliphatic carbocycles. The Morgan fingerprint density at radius 3 is 2.31 bits per heavy atom. The highest BCUT2D eigenvalue weighted by molar-refractivity contribution is 7.91. The highest BCUT2D eigenvalue weighted by Crippen LogP contribution is 2.43. The number of sulfone groups is 1. The molecule has 0 bridgehead atoms. The summed E-state index contributed by atoms with van der Waals surface area (Å²) in [5.74, 6) is 2.80. The molecule has 0 radical (unpaired) electrons. The standard InChI is InChI=1S/C12H21NO2S/c14-16(15)6-5-10(8-16)12(9-1-2-9)7-13-11-3-4-11/h9-13H,1-8H2. The first kappa shape index (κ1) is 11.0. The van der Waals surface area contributed by atoms with Gasteiger partial charge >= 0.3 is 0 Å². The Balaban J connectivity index is 1.59. The van der Waals surface area contributed by atoms with Crippen molar-refractivity contribution in [3.05, 3.63) is 0 Å². The van der Waals surface area contributed by atoms with Gasteiger partial charge in [0.15, 0.2) is 9.84 Å². The van der Waals surface area contributed by atoms with E-state index in [-0.39, 0.29) is 0 Å². The molecule has 0 aromatic carbocycles. The summed E-state index contributed by atoms with van der Waals surface area (Å²) in [6, 6.07) is 0.749. The van der Waals surface area contributed by atoms with Gasteiger partial charge in [0.05, 0.1) is 11.5 Å². The molecule has 1 aliphatic heterocycles. The van der Waals surface area contributed by atoms with E-state index >= 15 is 0 Å². The van der Waals surface area contributed by atoms with E-state index in [1.807, 2.05) is 0 Å². The average molecular weight is 243 g/mol. The van der Waals surface area contributed by atoms with Crippen LogP contribution >= 0.6 is 0 Å². The lowest BCUT2D eigenvalue weighted by molar-refractivity contribution is 0.307. The van der Waals surface area contributed by atoms with Crippen LogP contribution in [0.25, 0.3) is 0 Å². The molecule has 3 nitrogen and oxygen atoms in total. The van der Waals surface area contributed by atoms with Gasteiger partial charge in [0.25, 0.3) is 0 Å². The molecule has 0 aromatic rings. The van der Waals surface area contributed by atoms with Gasteiger partial charge in [-0.05, 0) is 56.4 Å². The first-order valence-corrected chi connectivity index (χ1v) is 8.40. The molecule has 3 aliphatic rings. The Bertz CT molecular complexity index is 357. The van der Waals surface area contributed by atoms with Gasteiger partial charge in [-0.3, -0.25) is 0 Å². The largest absolute Gasteiger partial charge is 0.314 e. The van der Waals surface area contributed by atoms with Crippen molar-refractivity contribution in [1.82, 2.24) is 5.32 Å². The topological polar surface area (TPSA) is 46.2 Å². The maximum absolute atomic E-state index is 11.5. The third-order valence-corrected chi connectivity index (χ3v) is 6.11. The highest BCUT2D eigenvalue weighted by atomic mass is 32.2. The van der Waals surface area contributed by atoms with Crippen LogP contribution in [-0.2, 0) is 9.84 Å². The molecule has 4 heteroatoms. The van der Waals surface area contributed by atoms with Gasteiger partial charge < -0.3 is 5.32 Å². The van der Waals surface area contributed by atoms with E-state index in [1.54, 1.807) is 0 Å². The minimum absolute atomic E-state index is 0.435. The molecular formula is C12H21NO2S. The molecule has 92 valence electrons. The van der Waals surface area contributed by atoms with Crippen LogP contribution in [0.3, 0.4) is 0 Å². The molecule has 1 heterocycles. The van der Waals surface area contributed by atoms with Crippen LogP contribution < -0.4 is 5.32 Å². The zero-order valence-corrected chi connectivity index (χ0v) is 10.5. The lowest BCUT2D eigenvalue weighted by atomic mass is 9.87. The van der Waals surface area contributed by atoms with Crippen LogP contribution in [0, 0.1) is 17.8 Å². The molecule has 0 aromatic heterocycles. The third-order valence-electron chi connectivity index (χ3n) is 4.32. The van der Waals surface area contributed by atoms with Crippen LogP contribution in [0.4, 0.5) is 0 Å². The maximum atomic E-state index is 11.5. The number of hydrogen-bond donors (Lipinski definition) is 1. The van der Waals surface area contributed by atoms with Crippen molar-refractivity contribution in [1.29, 1.82) is 0 Å². The van der Waals surface area contributed by atoms with Crippen LogP contribution in [0.5, 0.6) is 0 Å². The molecule has 3 rings (SSSR count). The minimum Gasteiger partial charge on any atom is -0.314 e. The fraction of sp³-hybridized carbons (Fsp3) is 1.00. The molecule has 3 fully saturated rings. The van der Waals surface area contributed by atoms with Crippen molar-refractivity contribution in [3.8, 4) is 0 Å². The molecule has 2 atom stereocenters. The fourth-order valence-electron chi connectivity index (χ4n) is 2.99. The molecule has 2 unspecified atom stereocenters. The van der Waals surface area contributed by atoms with E-state index in [0.717, 1.165) is 24.9 Å². The second-order valence-electron chi connectivity index (χ2n) is 5.85. The lowest BCUT2D eigenvalue weighted by Crippen LogP contribution is -2.31. The van der Waals surface area contributed by atoms with Gasteiger partial charge in [0.2, 0.25) is 0 Å². The Morgan fingerprint density at radius 2 is 1.81 bits per heavy atom. The number of nitrogens with one attached hydrogen (secondary N) is 1. The normalized spacial score (nSPS) is 35.1. The number of hydrogen-bond acceptors (Lipinski definition) is 3. The predicted octanol–water partition coefficient (Wildman–Crippen LogP) is 1.20. The lowest BCUT2D eigenvalue weighted by Gasteiger charge is -2.22. The van der Waals surface area contributed by atoms with Gasteiger partial charge in [-0.15, -0.1) is 0 Å². The average Bonchev–Trinajstić information content (AvgIpc) is 3.08. The van der Waals surface area contributed by atoms with Crippen LogP contribution in [0.15, 0.2) is 0 Å². The van der Waals surface area contributed by atoms with E-state index < -0.39 is 9.84 Å². The van der Waals surface area contributed by atoms with Crippen molar-refractivity contribution < 1.29 is 8.42 Å². The maximum Gasteiger partial charge on any atom is 0.150 e. The Kier molecular flexibility index (Phi) is 2.75. The smallest absolute Gasteiger partial charge is 0.150 e. The zero-order chi connectivity index (χ0) is 11.2. The fourth-order valence-corrected chi connectivity index (χ4v) is 4.89. The molecule has 1 saturated heterocycles. The second-order valence-corrected chi connectivity index (χ2v) is 8.08. The summed E-state index contributed by atoms with van der Waals surface area (Å²) in [5.41, 5.74) is 0. The molecule has 0 spiro atoms. The second kappa shape index (κ2) is 3.98. The van der Waals surface area contributed by atoms with Crippen LogP contribution in [0.1, 0.15) is 32.1 Å². The van der Waals surface area contributed by atoms with Crippen molar-refractivity contribution >= 4 is 9.84 Å². The summed E-state index contributed by atoms with van der Waals surface area (Å²) in [6.07, 6.45) is 6.21. The first-order chi connectivity index (χ1) is 7.64. The van der Waals surface area contributed by atoms with Gasteiger partial charge in [0, 0.05) is 6.04 Å². The summed E-state index contributed by atoms with van der Waals surface area (Å²) < 4.78 is 23.0. The van der Waals surface area contributed by atoms with Crippen molar-refractivity contribution in [2.24, 2.45) is 17.8 Å². The summed E-state index contributed by atoms with van der Waals surface area (Å²) >= 11 is 0. The van der Waals surface area contributed by atoms with Crippen molar-refractivity contribution in [2.45, 2.75) is 38.1 Å². The zero-order valence-electron chi connectivity index (χ0n) is 9.69. The van der Waals surface area contributed by atoms with Gasteiger partial charge in [-0.2, -0.15) is 0 Å². The predicted molar refractivity (Wildman–Crippen MR) is 64.0 cm³/mol. The SMILES string of the molecule is O=S1(=O)CCC(C(CNC2CC2)C2CC2)C1. The highest BCUT2D eigenvalue weighted by Gasteiger charge is 2.41. The summed E-state index contributed by atoms with van der Waals surface area (Å²) in [6.45, 7) is 1.06. The van der Waals surface area contributed by atoms with E-state index in [4.69, 9.17) is 0 Å². The van der Waals surface area contributed by atoms with Crippen molar-refractivity contribution in [3.63, 3.8) is 0 Å². The first-order valence-electron chi connectivity index (χ1n) is 6.58. The van der Waals surface area contributed by atoms with Crippen LogP contribution in [0.2, 0.25) is 0 Å².